The van der Waals surface area contributed by atoms with E-state index < -0.39 is 0 Å². The monoisotopic (exact) mass is 311 g/mol. The molecule has 1 fully saturated rings. The van der Waals surface area contributed by atoms with Crippen molar-refractivity contribution in [1.82, 2.24) is 4.90 Å². The molecule has 0 spiro atoms. The summed E-state index contributed by atoms with van der Waals surface area (Å²) < 4.78 is 5.91. The van der Waals surface area contributed by atoms with Gasteiger partial charge in [0.25, 0.3) is 5.91 Å². The molecule has 4 nitrogen and oxygen atoms in total. The maximum Gasteiger partial charge on any atom is 0.258 e. The first-order valence-corrected chi connectivity index (χ1v) is 8.22. The lowest BCUT2D eigenvalue weighted by atomic mass is 10.1. The number of amides is 1. The minimum atomic E-state index is 0.0617. The number of likely N-dealkylation sites (N-methyl/N-ethyl adjacent to an activating group) is 1. The molecule has 0 atom stereocenters. The van der Waals surface area contributed by atoms with Crippen LogP contribution >= 0.6 is 0 Å². The average Bonchev–Trinajstić information content (AvgIpc) is 2.62. The first-order chi connectivity index (χ1) is 11.3. The number of quaternary nitrogens is 1. The van der Waals surface area contributed by atoms with E-state index in [1.165, 1.54) is 0 Å². The minimum Gasteiger partial charge on any atom is -0.457 e. The quantitative estimate of drug-likeness (QED) is 0.935. The van der Waals surface area contributed by atoms with Gasteiger partial charge in [0.15, 0.2) is 0 Å². The van der Waals surface area contributed by atoms with Crippen LogP contribution in [0.2, 0.25) is 0 Å². The van der Waals surface area contributed by atoms with Crippen molar-refractivity contribution in [2.45, 2.75) is 6.92 Å². The Bertz CT molecular complexity index is 649. The lowest BCUT2D eigenvalue weighted by Crippen LogP contribution is -3.14. The van der Waals surface area contributed by atoms with Crippen molar-refractivity contribution >= 4 is 5.91 Å². The molecular formula is C19H23N2O2+. The van der Waals surface area contributed by atoms with Crippen LogP contribution in [-0.2, 0) is 0 Å². The lowest BCUT2D eigenvalue weighted by Gasteiger charge is -2.31. The van der Waals surface area contributed by atoms with E-state index in [4.69, 9.17) is 4.74 Å². The smallest absolute Gasteiger partial charge is 0.258 e. The molecule has 1 saturated heterocycles. The fourth-order valence-corrected chi connectivity index (χ4v) is 2.90. The highest BCUT2D eigenvalue weighted by atomic mass is 16.5. The molecule has 3 rings (SSSR count). The molecule has 0 bridgehead atoms. The summed E-state index contributed by atoms with van der Waals surface area (Å²) in [5, 5.41) is 0. The van der Waals surface area contributed by atoms with Crippen LogP contribution in [0.5, 0.6) is 11.5 Å². The van der Waals surface area contributed by atoms with E-state index in [2.05, 4.69) is 6.92 Å². The number of carbonyl (C=O) groups excluding carboxylic acids is 1. The van der Waals surface area contributed by atoms with Gasteiger partial charge in [-0.2, -0.15) is 0 Å². The van der Waals surface area contributed by atoms with Crippen LogP contribution in [0.1, 0.15) is 17.3 Å². The Hall–Kier alpha value is -2.33. The fraction of sp³-hybridized carbons (Fsp3) is 0.316. The van der Waals surface area contributed by atoms with Gasteiger partial charge in [-0.25, -0.2) is 0 Å². The lowest BCUT2D eigenvalue weighted by molar-refractivity contribution is -0.902. The van der Waals surface area contributed by atoms with Gasteiger partial charge >= 0.3 is 0 Å². The summed E-state index contributed by atoms with van der Waals surface area (Å²) in [6.07, 6.45) is 0. The van der Waals surface area contributed by atoms with Gasteiger partial charge in [-0.1, -0.05) is 30.3 Å². The summed E-state index contributed by atoms with van der Waals surface area (Å²) in [5.74, 6) is 1.42. The minimum absolute atomic E-state index is 0.0617. The zero-order valence-corrected chi connectivity index (χ0v) is 13.5. The predicted molar refractivity (Wildman–Crippen MR) is 90.1 cm³/mol. The highest BCUT2D eigenvalue weighted by molar-refractivity contribution is 5.97. The maximum absolute atomic E-state index is 12.8. The maximum atomic E-state index is 12.8. The Labute approximate surface area is 137 Å². The number of piperazine rings is 1. The van der Waals surface area contributed by atoms with Crippen LogP contribution in [-0.4, -0.2) is 43.5 Å². The second-order valence-corrected chi connectivity index (χ2v) is 5.81. The van der Waals surface area contributed by atoms with E-state index in [9.17, 15) is 4.79 Å². The zero-order chi connectivity index (χ0) is 16.1. The van der Waals surface area contributed by atoms with Gasteiger partial charge in [0.05, 0.1) is 38.3 Å². The number of rotatable bonds is 4. The van der Waals surface area contributed by atoms with E-state index in [1.807, 2.05) is 59.5 Å². The number of para-hydroxylation sites is 2. The van der Waals surface area contributed by atoms with Crippen molar-refractivity contribution in [1.29, 1.82) is 0 Å². The molecule has 4 heteroatoms. The van der Waals surface area contributed by atoms with Crippen LogP contribution < -0.4 is 9.64 Å². The summed E-state index contributed by atoms with van der Waals surface area (Å²) in [6.45, 7) is 6.96. The van der Waals surface area contributed by atoms with Crippen molar-refractivity contribution < 1.29 is 14.4 Å². The molecule has 2 aromatic carbocycles. The Kier molecular flexibility index (Phi) is 4.93. The largest absolute Gasteiger partial charge is 0.457 e. The van der Waals surface area contributed by atoms with Crippen LogP contribution in [0.15, 0.2) is 54.6 Å². The summed E-state index contributed by atoms with van der Waals surface area (Å²) in [4.78, 5) is 16.3. The van der Waals surface area contributed by atoms with Crippen LogP contribution in [0.4, 0.5) is 0 Å². The average molecular weight is 311 g/mol. The van der Waals surface area contributed by atoms with E-state index in [0.29, 0.717) is 11.3 Å². The molecule has 0 saturated carbocycles. The number of nitrogens with one attached hydrogen (secondary N) is 1. The third kappa shape index (κ3) is 3.71. The van der Waals surface area contributed by atoms with Gasteiger partial charge in [0.2, 0.25) is 0 Å². The Balaban J connectivity index is 1.76. The molecule has 0 aliphatic carbocycles. The van der Waals surface area contributed by atoms with Gasteiger partial charge in [-0.05, 0) is 31.2 Å². The van der Waals surface area contributed by atoms with E-state index in [0.717, 1.165) is 38.5 Å². The Morgan fingerprint density at radius 1 is 1.04 bits per heavy atom. The van der Waals surface area contributed by atoms with Crippen molar-refractivity contribution in [3.05, 3.63) is 60.2 Å². The van der Waals surface area contributed by atoms with Crippen LogP contribution in [0, 0.1) is 0 Å². The van der Waals surface area contributed by atoms with Crippen LogP contribution in [0.25, 0.3) is 0 Å². The second-order valence-electron chi connectivity index (χ2n) is 5.81. The molecule has 1 amide bonds. The highest BCUT2D eigenvalue weighted by Gasteiger charge is 2.25. The summed E-state index contributed by atoms with van der Waals surface area (Å²) >= 11 is 0. The van der Waals surface area contributed by atoms with E-state index >= 15 is 0 Å². The first-order valence-electron chi connectivity index (χ1n) is 8.22. The number of hydrogen-bond acceptors (Lipinski definition) is 2. The van der Waals surface area contributed by atoms with Gasteiger partial charge < -0.3 is 14.5 Å². The predicted octanol–water partition coefficient (Wildman–Crippen LogP) is 1.84. The summed E-state index contributed by atoms with van der Waals surface area (Å²) in [6, 6.07) is 17.1. The molecule has 120 valence electrons. The molecule has 23 heavy (non-hydrogen) atoms. The third-order valence-electron chi connectivity index (χ3n) is 4.35. The topological polar surface area (TPSA) is 34.0 Å². The molecule has 0 unspecified atom stereocenters. The molecule has 1 aliphatic rings. The Morgan fingerprint density at radius 3 is 2.39 bits per heavy atom. The highest BCUT2D eigenvalue weighted by Crippen LogP contribution is 2.26. The van der Waals surface area contributed by atoms with Gasteiger partial charge in [0, 0.05) is 0 Å². The van der Waals surface area contributed by atoms with Crippen molar-refractivity contribution in [3.8, 4) is 11.5 Å². The Morgan fingerprint density at radius 2 is 1.70 bits per heavy atom. The van der Waals surface area contributed by atoms with Crippen molar-refractivity contribution in [2.24, 2.45) is 0 Å². The van der Waals surface area contributed by atoms with Crippen molar-refractivity contribution in [2.75, 3.05) is 32.7 Å². The number of carbonyl (C=O) groups is 1. The normalized spacial score (nSPS) is 15.4. The number of hydrogen-bond donors (Lipinski definition) is 1. The molecule has 0 radical (unpaired) electrons. The molecule has 0 aromatic heterocycles. The standard InChI is InChI=1S/C19H22N2O2/c1-2-20-12-14-21(15-13-20)19(22)17-10-6-7-11-18(17)23-16-8-4-3-5-9-16/h3-11H,2,12-15H2,1H3/p+1. The number of ether oxygens (including phenoxy) is 1. The van der Waals surface area contributed by atoms with Crippen LogP contribution in [0.3, 0.4) is 0 Å². The number of benzene rings is 2. The van der Waals surface area contributed by atoms with Gasteiger partial charge in [-0.3, -0.25) is 4.79 Å². The molecule has 1 aliphatic heterocycles. The first kappa shape index (κ1) is 15.6. The molecule has 1 N–H and O–H groups in total. The van der Waals surface area contributed by atoms with E-state index in [-0.39, 0.29) is 5.91 Å². The van der Waals surface area contributed by atoms with Gasteiger partial charge in [0.1, 0.15) is 11.5 Å². The zero-order valence-electron chi connectivity index (χ0n) is 13.5. The summed E-state index contributed by atoms with van der Waals surface area (Å²) in [5.41, 5.74) is 0.635. The SMILES string of the molecule is CC[NH+]1CCN(C(=O)c2ccccc2Oc2ccccc2)CC1. The van der Waals surface area contributed by atoms with Crippen molar-refractivity contribution in [3.63, 3.8) is 0 Å². The fourth-order valence-electron chi connectivity index (χ4n) is 2.90. The van der Waals surface area contributed by atoms with Gasteiger partial charge in [-0.15, -0.1) is 0 Å². The molecule has 2 aromatic rings. The summed E-state index contributed by atoms with van der Waals surface area (Å²) in [7, 11) is 0. The number of nitrogens with zero attached hydrogens (tertiary/aromatic N) is 1. The molecular weight excluding hydrogens is 288 g/mol. The van der Waals surface area contributed by atoms with E-state index in [1.54, 1.807) is 4.90 Å². The second kappa shape index (κ2) is 7.29. The molecule has 1 heterocycles. The third-order valence-corrected chi connectivity index (χ3v) is 4.35.